The molecule has 0 amide bonds. The largest absolute Gasteiger partial charge is 0.544 e. The molecule has 0 fully saturated rings. The summed E-state index contributed by atoms with van der Waals surface area (Å²) in [7, 11) is 5.39. The lowest BCUT2D eigenvalue weighted by Crippen LogP contribution is -2.55. The Hall–Kier alpha value is -3.75. The molecule has 2 atom stereocenters. The topological polar surface area (TPSA) is 102 Å². The van der Waals surface area contributed by atoms with Gasteiger partial charge in [-0.2, -0.15) is 0 Å². The van der Waals surface area contributed by atoms with Gasteiger partial charge in [-0.15, -0.1) is 0 Å². The first-order chi connectivity index (χ1) is 31.1. The standard InChI is InChI=1S/C56H93NO7/c1-6-8-10-12-14-16-18-20-22-24-25-26-27-28-29-31-33-35-37-39-41-43-45-47-55(59)64-52(50-62-49-48-53(56(60)61)57(3,4)5)51-63-54(58)46-44-42-40-38-36-34-32-30-23-21-19-17-15-13-11-9-7-2/h9,11,13,15,17,19,21,23,25-26,28-30,32,34,36,52-53H,6-8,10,12,14,16,18,20,22,24,27,31,33,35,37-51H2,1-5H3/b11-9+,15-13+,19-17+,23-21+,26-25+,29-28+,32-30+,36-34+. The number of carbonyl (C=O) groups excluding carboxylic acids is 3. The van der Waals surface area contributed by atoms with Gasteiger partial charge in [-0.3, -0.25) is 9.59 Å². The molecule has 0 rings (SSSR count). The average molecular weight is 892 g/mol. The third kappa shape index (κ3) is 43.5. The van der Waals surface area contributed by atoms with Crippen LogP contribution in [0.2, 0.25) is 0 Å². The van der Waals surface area contributed by atoms with Crippen LogP contribution >= 0.6 is 0 Å². The zero-order valence-electron chi connectivity index (χ0n) is 41.4. The van der Waals surface area contributed by atoms with Crippen LogP contribution in [-0.2, 0) is 28.6 Å². The first-order valence-electron chi connectivity index (χ1n) is 25.3. The van der Waals surface area contributed by atoms with Gasteiger partial charge in [0.15, 0.2) is 6.10 Å². The lowest BCUT2D eigenvalue weighted by molar-refractivity contribution is -0.889. The molecule has 0 bridgehead atoms. The Morgan fingerprint density at radius 1 is 0.500 bits per heavy atom. The van der Waals surface area contributed by atoms with Crippen molar-refractivity contribution in [2.24, 2.45) is 0 Å². The highest BCUT2D eigenvalue weighted by molar-refractivity contribution is 5.70. The molecule has 8 heteroatoms. The summed E-state index contributed by atoms with van der Waals surface area (Å²) in [6.07, 6.45) is 61.5. The molecule has 64 heavy (non-hydrogen) atoms. The van der Waals surface area contributed by atoms with Gasteiger partial charge in [-0.25, -0.2) is 0 Å². The van der Waals surface area contributed by atoms with Gasteiger partial charge in [0.2, 0.25) is 0 Å². The molecule has 0 aromatic heterocycles. The number of quaternary nitrogens is 1. The van der Waals surface area contributed by atoms with Crippen LogP contribution in [0.15, 0.2) is 97.2 Å². The van der Waals surface area contributed by atoms with Crippen molar-refractivity contribution in [1.29, 1.82) is 0 Å². The Bertz CT molecular complexity index is 1360. The molecule has 0 aliphatic heterocycles. The zero-order chi connectivity index (χ0) is 47.0. The molecule has 0 spiro atoms. The summed E-state index contributed by atoms with van der Waals surface area (Å²) in [6.45, 7) is 4.46. The fourth-order valence-corrected chi connectivity index (χ4v) is 6.96. The first-order valence-corrected chi connectivity index (χ1v) is 25.3. The minimum Gasteiger partial charge on any atom is -0.544 e. The molecule has 0 aromatic carbocycles. The van der Waals surface area contributed by atoms with Crippen LogP contribution < -0.4 is 5.11 Å². The number of hydrogen-bond acceptors (Lipinski definition) is 7. The molecule has 0 heterocycles. The van der Waals surface area contributed by atoms with Crippen molar-refractivity contribution in [1.82, 2.24) is 0 Å². The van der Waals surface area contributed by atoms with Crippen LogP contribution in [0.25, 0.3) is 0 Å². The molecular formula is C56H93NO7. The Kier molecular flexibility index (Phi) is 43.1. The smallest absolute Gasteiger partial charge is 0.306 e. The number of carboxylic acid groups (broad SMARTS) is 1. The molecule has 364 valence electrons. The molecule has 0 aromatic rings. The van der Waals surface area contributed by atoms with Crippen molar-refractivity contribution in [2.45, 2.75) is 199 Å². The van der Waals surface area contributed by atoms with Gasteiger partial charge >= 0.3 is 11.9 Å². The van der Waals surface area contributed by atoms with Gasteiger partial charge < -0.3 is 28.6 Å². The quantitative estimate of drug-likeness (QED) is 0.0197. The Morgan fingerprint density at radius 3 is 1.44 bits per heavy atom. The van der Waals surface area contributed by atoms with E-state index in [1.54, 1.807) is 21.1 Å². The fourth-order valence-electron chi connectivity index (χ4n) is 6.96. The van der Waals surface area contributed by atoms with Crippen LogP contribution in [0.1, 0.15) is 187 Å². The fraction of sp³-hybridized carbons (Fsp3) is 0.661. The van der Waals surface area contributed by atoms with Crippen molar-refractivity contribution in [3.05, 3.63) is 97.2 Å². The van der Waals surface area contributed by atoms with Gasteiger partial charge in [0.05, 0.1) is 40.3 Å². The van der Waals surface area contributed by atoms with Crippen LogP contribution in [0.3, 0.4) is 0 Å². The van der Waals surface area contributed by atoms with E-state index in [9.17, 15) is 19.5 Å². The number of likely N-dealkylation sites (N-methyl/N-ethyl adjacent to an activating group) is 1. The lowest BCUT2D eigenvalue weighted by atomic mass is 10.1. The Labute approximate surface area is 392 Å². The number of rotatable bonds is 44. The summed E-state index contributed by atoms with van der Waals surface area (Å²) in [4.78, 5) is 37.0. The second-order valence-electron chi connectivity index (χ2n) is 17.8. The predicted molar refractivity (Wildman–Crippen MR) is 268 cm³/mol. The van der Waals surface area contributed by atoms with Gasteiger partial charge in [0, 0.05) is 19.3 Å². The molecule has 0 radical (unpaired) electrons. The number of unbranched alkanes of at least 4 members (excludes halogenated alkanes) is 19. The zero-order valence-corrected chi connectivity index (χ0v) is 41.4. The maximum Gasteiger partial charge on any atom is 0.306 e. The second-order valence-corrected chi connectivity index (χ2v) is 17.8. The SMILES string of the molecule is CC/C=C/C=C/C=C/C=C/C=C/C=C/CCCCCC(=O)OCC(COCCC(C(=O)[O-])[N+](C)(C)C)OC(=O)CCCCCCCCC/C=C/C/C=C/CCCCCCCCCCC. The normalized spacial score (nSPS) is 13.7. The van der Waals surface area contributed by atoms with Crippen LogP contribution in [0.4, 0.5) is 0 Å². The second kappa shape index (κ2) is 45.8. The molecule has 2 unspecified atom stereocenters. The number of ether oxygens (including phenoxy) is 3. The average Bonchev–Trinajstić information content (AvgIpc) is 3.26. The van der Waals surface area contributed by atoms with Crippen LogP contribution in [0, 0.1) is 0 Å². The van der Waals surface area contributed by atoms with Gasteiger partial charge in [-0.05, 0) is 64.2 Å². The number of carbonyl (C=O) groups is 3. The number of nitrogens with zero attached hydrogens (tertiary/aromatic N) is 1. The highest BCUT2D eigenvalue weighted by atomic mass is 16.6. The van der Waals surface area contributed by atoms with E-state index in [0.29, 0.717) is 12.8 Å². The number of esters is 2. The van der Waals surface area contributed by atoms with Gasteiger partial charge in [0.25, 0.3) is 0 Å². The van der Waals surface area contributed by atoms with E-state index in [4.69, 9.17) is 14.2 Å². The van der Waals surface area contributed by atoms with Gasteiger partial charge in [0.1, 0.15) is 12.6 Å². The van der Waals surface area contributed by atoms with Crippen LogP contribution in [-0.4, -0.2) is 75.5 Å². The Morgan fingerprint density at radius 2 is 0.938 bits per heavy atom. The van der Waals surface area contributed by atoms with E-state index in [2.05, 4.69) is 50.3 Å². The number of allylic oxidation sites excluding steroid dienone is 16. The molecule has 8 nitrogen and oxygen atoms in total. The Balaban J connectivity index is 4.35. The molecule has 0 saturated heterocycles. The van der Waals surface area contributed by atoms with E-state index in [1.807, 2.05) is 60.8 Å². The van der Waals surface area contributed by atoms with E-state index in [1.165, 1.54) is 83.5 Å². The third-order valence-corrected chi connectivity index (χ3v) is 10.9. The summed E-state index contributed by atoms with van der Waals surface area (Å²) < 4.78 is 17.2. The lowest BCUT2D eigenvalue weighted by Gasteiger charge is -2.34. The summed E-state index contributed by atoms with van der Waals surface area (Å²) >= 11 is 0. The number of carboxylic acids is 1. The minimum absolute atomic E-state index is 0.0166. The maximum atomic E-state index is 12.8. The van der Waals surface area contributed by atoms with Crippen LogP contribution in [0.5, 0.6) is 0 Å². The summed E-state index contributed by atoms with van der Waals surface area (Å²) in [5.41, 5.74) is 0. The van der Waals surface area contributed by atoms with Gasteiger partial charge in [-0.1, -0.05) is 201 Å². The molecule has 0 N–H and O–H groups in total. The maximum absolute atomic E-state index is 12.8. The van der Waals surface area contributed by atoms with Crippen molar-refractivity contribution < 1.29 is 38.2 Å². The molecule has 0 aliphatic carbocycles. The molecule has 0 aliphatic rings. The summed E-state index contributed by atoms with van der Waals surface area (Å²) in [5.74, 6) is -1.81. The highest BCUT2D eigenvalue weighted by Gasteiger charge is 2.25. The van der Waals surface area contributed by atoms with Crippen molar-refractivity contribution in [3.63, 3.8) is 0 Å². The number of aliphatic carboxylic acids is 1. The van der Waals surface area contributed by atoms with E-state index >= 15 is 0 Å². The summed E-state index contributed by atoms with van der Waals surface area (Å²) in [5, 5.41) is 11.7. The summed E-state index contributed by atoms with van der Waals surface area (Å²) in [6, 6.07) is -0.741. The van der Waals surface area contributed by atoms with E-state index in [-0.39, 0.29) is 49.1 Å². The number of hydrogen-bond donors (Lipinski definition) is 0. The molecule has 0 saturated carbocycles. The molecular weight excluding hydrogens is 799 g/mol. The van der Waals surface area contributed by atoms with Crippen molar-refractivity contribution in [2.75, 3.05) is 41.0 Å². The van der Waals surface area contributed by atoms with Crippen molar-refractivity contribution >= 4 is 17.9 Å². The third-order valence-electron chi connectivity index (χ3n) is 10.9. The minimum atomic E-state index is -1.14. The first kappa shape index (κ1) is 60.2. The monoisotopic (exact) mass is 892 g/mol. The van der Waals surface area contributed by atoms with E-state index in [0.717, 1.165) is 64.2 Å². The van der Waals surface area contributed by atoms with Crippen molar-refractivity contribution in [3.8, 4) is 0 Å². The predicted octanol–water partition coefficient (Wildman–Crippen LogP) is 13.3. The van der Waals surface area contributed by atoms with E-state index < -0.39 is 18.1 Å². The highest BCUT2D eigenvalue weighted by Crippen LogP contribution is 2.14.